The lowest BCUT2D eigenvalue weighted by Crippen LogP contribution is -2.37. The molecule has 2 amide bonds. The Hall–Kier alpha value is -0.880. The first-order chi connectivity index (χ1) is 12.5. The summed E-state index contributed by atoms with van der Waals surface area (Å²) >= 11 is 6.96. The van der Waals surface area contributed by atoms with Gasteiger partial charge in [0.2, 0.25) is 0 Å². The highest BCUT2D eigenvalue weighted by Gasteiger charge is 2.22. The summed E-state index contributed by atoms with van der Waals surface area (Å²) in [6.45, 7) is 0. The van der Waals surface area contributed by atoms with E-state index in [-0.39, 0.29) is 23.9 Å². The zero-order valence-corrected chi connectivity index (χ0v) is 18.1. The van der Waals surface area contributed by atoms with Crippen LogP contribution in [0.2, 0.25) is 0 Å². The molecule has 0 radical (unpaired) electrons. The van der Waals surface area contributed by atoms with Gasteiger partial charge in [-0.1, -0.05) is 38.5 Å². The number of carbonyl (C=O) groups excluding carboxylic acids is 2. The van der Waals surface area contributed by atoms with Gasteiger partial charge < -0.3 is 10.6 Å². The maximum absolute atomic E-state index is 12.6. The molecule has 0 aromatic heterocycles. The first kappa shape index (κ1) is 19.9. The van der Waals surface area contributed by atoms with E-state index in [0.717, 1.165) is 25.7 Å². The normalized spacial score (nSPS) is 19.2. The Labute approximate surface area is 172 Å². The van der Waals surface area contributed by atoms with Crippen molar-refractivity contribution in [3.8, 4) is 0 Å². The van der Waals surface area contributed by atoms with Crippen LogP contribution in [0.1, 0.15) is 84.9 Å². The molecular weight excluding hydrogens is 460 g/mol. The summed E-state index contributed by atoms with van der Waals surface area (Å²) < 4.78 is 1.31. The molecule has 0 heterocycles. The van der Waals surface area contributed by atoms with E-state index in [1.807, 2.05) is 0 Å². The lowest BCUT2D eigenvalue weighted by Gasteiger charge is -2.24. The summed E-state index contributed by atoms with van der Waals surface area (Å²) in [5, 5.41) is 6.25. The van der Waals surface area contributed by atoms with Gasteiger partial charge in [-0.3, -0.25) is 9.59 Å². The van der Waals surface area contributed by atoms with Gasteiger partial charge in [0.1, 0.15) is 0 Å². The molecule has 2 fully saturated rings. The zero-order valence-electron chi connectivity index (χ0n) is 15.0. The summed E-state index contributed by atoms with van der Waals surface area (Å²) in [6.07, 6.45) is 11.4. The molecule has 0 unspecified atom stereocenters. The third-order valence-electron chi connectivity index (χ3n) is 5.43. The molecule has 6 heteroatoms. The summed E-state index contributed by atoms with van der Waals surface area (Å²) in [6, 6.07) is 4.02. The Morgan fingerprint density at radius 3 is 1.38 bits per heavy atom. The van der Waals surface area contributed by atoms with Gasteiger partial charge >= 0.3 is 0 Å². The topological polar surface area (TPSA) is 58.2 Å². The average Bonchev–Trinajstić information content (AvgIpc) is 2.64. The Morgan fingerprint density at radius 1 is 0.692 bits per heavy atom. The second-order valence-corrected chi connectivity index (χ2v) is 9.14. The van der Waals surface area contributed by atoms with Crippen molar-refractivity contribution in [3.63, 3.8) is 0 Å². The third-order valence-corrected chi connectivity index (χ3v) is 6.74. The van der Waals surface area contributed by atoms with Crippen LogP contribution in [0.3, 0.4) is 0 Å². The molecule has 3 rings (SSSR count). The molecule has 2 aliphatic rings. The second kappa shape index (κ2) is 9.36. The molecule has 1 aromatic rings. The fourth-order valence-electron chi connectivity index (χ4n) is 3.91. The number of benzene rings is 1. The van der Waals surface area contributed by atoms with Crippen molar-refractivity contribution in [1.29, 1.82) is 0 Å². The van der Waals surface area contributed by atoms with E-state index in [4.69, 9.17) is 0 Å². The Morgan fingerprint density at radius 2 is 1.04 bits per heavy atom. The Balaban J connectivity index is 1.68. The number of hydrogen-bond donors (Lipinski definition) is 2. The first-order valence-electron chi connectivity index (χ1n) is 9.65. The molecule has 0 bridgehead atoms. The van der Waals surface area contributed by atoms with Gasteiger partial charge in [0.15, 0.2) is 0 Å². The molecule has 2 N–H and O–H groups in total. The van der Waals surface area contributed by atoms with Gasteiger partial charge in [-0.15, -0.1) is 0 Å². The van der Waals surface area contributed by atoms with Crippen LogP contribution in [0, 0.1) is 0 Å². The lowest BCUT2D eigenvalue weighted by atomic mass is 9.95. The van der Waals surface area contributed by atoms with Gasteiger partial charge in [-0.25, -0.2) is 0 Å². The number of halogens is 2. The minimum absolute atomic E-state index is 0.0799. The zero-order chi connectivity index (χ0) is 18.5. The second-order valence-electron chi connectivity index (χ2n) is 7.43. The molecule has 4 nitrogen and oxygen atoms in total. The van der Waals surface area contributed by atoms with E-state index in [9.17, 15) is 9.59 Å². The summed E-state index contributed by atoms with van der Waals surface area (Å²) in [7, 11) is 0. The molecule has 26 heavy (non-hydrogen) atoms. The molecule has 0 aliphatic heterocycles. The van der Waals surface area contributed by atoms with Crippen molar-refractivity contribution in [2.24, 2.45) is 0 Å². The fourth-order valence-corrected chi connectivity index (χ4v) is 4.96. The monoisotopic (exact) mass is 484 g/mol. The number of amides is 2. The van der Waals surface area contributed by atoms with Crippen molar-refractivity contribution in [2.75, 3.05) is 0 Å². The van der Waals surface area contributed by atoms with Gasteiger partial charge in [-0.2, -0.15) is 0 Å². The molecule has 0 spiro atoms. The van der Waals surface area contributed by atoms with Crippen molar-refractivity contribution >= 4 is 43.7 Å². The molecule has 142 valence electrons. The minimum Gasteiger partial charge on any atom is -0.349 e. The standard InChI is InChI=1S/C20H26Br2N2O2/c21-17-12-16(20(26)24-14-9-5-2-6-10-14)18(22)11-15(17)19(25)23-13-7-3-1-4-8-13/h11-14H,1-10H2,(H,23,25)(H,24,26). The SMILES string of the molecule is O=C(NC1CCCCC1)c1cc(Br)c(C(=O)NC2CCCCC2)cc1Br. The van der Waals surface area contributed by atoms with Gasteiger partial charge in [-0.05, 0) is 69.7 Å². The maximum Gasteiger partial charge on any atom is 0.252 e. The average molecular weight is 486 g/mol. The van der Waals surface area contributed by atoms with Crippen molar-refractivity contribution in [2.45, 2.75) is 76.3 Å². The summed E-state index contributed by atoms with van der Waals surface area (Å²) in [5.74, 6) is -0.160. The number of carbonyl (C=O) groups is 2. The Bertz CT molecular complexity index is 608. The van der Waals surface area contributed by atoms with Gasteiger partial charge in [0.25, 0.3) is 11.8 Å². The molecule has 2 saturated carbocycles. The van der Waals surface area contributed by atoms with E-state index in [0.29, 0.717) is 20.1 Å². The van der Waals surface area contributed by atoms with Gasteiger partial charge in [0, 0.05) is 21.0 Å². The predicted molar refractivity (Wildman–Crippen MR) is 111 cm³/mol. The van der Waals surface area contributed by atoms with Crippen molar-refractivity contribution in [1.82, 2.24) is 10.6 Å². The van der Waals surface area contributed by atoms with Crippen LogP contribution in [0.25, 0.3) is 0 Å². The van der Waals surface area contributed by atoms with Gasteiger partial charge in [0.05, 0.1) is 11.1 Å². The molecule has 0 saturated heterocycles. The fraction of sp³-hybridized carbons (Fsp3) is 0.600. The van der Waals surface area contributed by atoms with E-state index in [1.54, 1.807) is 12.1 Å². The maximum atomic E-state index is 12.6. The van der Waals surface area contributed by atoms with Crippen molar-refractivity contribution in [3.05, 3.63) is 32.2 Å². The molecule has 2 aliphatic carbocycles. The quantitative estimate of drug-likeness (QED) is 0.604. The number of nitrogens with one attached hydrogen (secondary N) is 2. The van der Waals surface area contributed by atoms with E-state index in [2.05, 4.69) is 42.5 Å². The Kier molecular flexibility index (Phi) is 7.15. The predicted octanol–water partition coefficient (Wildman–Crippen LogP) is 5.34. The molecular formula is C20H26Br2N2O2. The highest BCUT2D eigenvalue weighted by molar-refractivity contribution is 9.11. The van der Waals surface area contributed by atoms with Crippen LogP contribution in [-0.2, 0) is 0 Å². The smallest absolute Gasteiger partial charge is 0.252 e. The highest BCUT2D eigenvalue weighted by Crippen LogP contribution is 2.28. The highest BCUT2D eigenvalue weighted by atomic mass is 79.9. The van der Waals surface area contributed by atoms with E-state index in [1.165, 1.54) is 38.5 Å². The number of hydrogen-bond acceptors (Lipinski definition) is 2. The first-order valence-corrected chi connectivity index (χ1v) is 11.2. The third kappa shape index (κ3) is 5.10. The molecule has 1 aromatic carbocycles. The summed E-state index contributed by atoms with van der Waals surface area (Å²) in [4.78, 5) is 25.2. The van der Waals surface area contributed by atoms with Crippen LogP contribution in [-0.4, -0.2) is 23.9 Å². The van der Waals surface area contributed by atoms with Crippen molar-refractivity contribution < 1.29 is 9.59 Å². The van der Waals surface area contributed by atoms with Crippen LogP contribution in [0.5, 0.6) is 0 Å². The molecule has 0 atom stereocenters. The van der Waals surface area contributed by atoms with Crippen LogP contribution >= 0.6 is 31.9 Å². The van der Waals surface area contributed by atoms with E-state index < -0.39 is 0 Å². The number of rotatable bonds is 4. The minimum atomic E-state index is -0.0799. The lowest BCUT2D eigenvalue weighted by molar-refractivity contribution is 0.0914. The van der Waals surface area contributed by atoms with Crippen LogP contribution in [0.15, 0.2) is 21.1 Å². The van der Waals surface area contributed by atoms with Crippen LogP contribution in [0.4, 0.5) is 0 Å². The summed E-state index contributed by atoms with van der Waals surface area (Å²) in [5.41, 5.74) is 1.13. The largest absolute Gasteiger partial charge is 0.349 e. The van der Waals surface area contributed by atoms with Crippen LogP contribution < -0.4 is 10.6 Å². The van der Waals surface area contributed by atoms with E-state index >= 15 is 0 Å².